The normalized spacial score (nSPS) is 11.5. The van der Waals surface area contributed by atoms with Crippen LogP contribution in [0.1, 0.15) is 16.1 Å². The molecule has 1 aromatic heterocycles. The number of hydrogen-bond donors (Lipinski definition) is 2. The number of furan rings is 1. The van der Waals surface area contributed by atoms with Crippen molar-refractivity contribution in [2.24, 2.45) is 10.2 Å². The Morgan fingerprint density at radius 3 is 2.52 bits per heavy atom. The number of primary sulfonamides is 1. The molecule has 148 valence electrons. The summed E-state index contributed by atoms with van der Waals surface area (Å²) in [5.41, 5.74) is 2.76. The molecule has 0 aliphatic rings. The second-order valence-electron chi connectivity index (χ2n) is 5.78. The van der Waals surface area contributed by atoms with E-state index in [-0.39, 0.29) is 16.1 Å². The van der Waals surface area contributed by atoms with E-state index in [9.17, 15) is 23.3 Å². The van der Waals surface area contributed by atoms with Crippen LogP contribution < -0.4 is 10.6 Å². The van der Waals surface area contributed by atoms with Gasteiger partial charge in [-0.05, 0) is 42.5 Å². The zero-order chi connectivity index (χ0) is 21.0. The van der Waals surface area contributed by atoms with Crippen molar-refractivity contribution in [1.82, 2.24) is 5.43 Å². The summed E-state index contributed by atoms with van der Waals surface area (Å²) in [5, 5.41) is 19.6. The summed E-state index contributed by atoms with van der Waals surface area (Å²) in [6.07, 6.45) is 1.26. The van der Waals surface area contributed by atoms with Crippen molar-refractivity contribution in [2.75, 3.05) is 0 Å². The Morgan fingerprint density at radius 1 is 1.14 bits per heavy atom. The molecule has 0 aliphatic carbocycles. The summed E-state index contributed by atoms with van der Waals surface area (Å²) in [7, 11) is -3.78. The van der Waals surface area contributed by atoms with Crippen molar-refractivity contribution < 1.29 is 22.6 Å². The van der Waals surface area contributed by atoms with Gasteiger partial charge in [0.05, 0.1) is 16.0 Å². The fourth-order valence-electron chi connectivity index (χ4n) is 2.37. The predicted octanol–water partition coefficient (Wildman–Crippen LogP) is 2.27. The Hall–Kier alpha value is -3.83. The number of nitro benzene ring substituents is 1. The van der Waals surface area contributed by atoms with E-state index in [2.05, 4.69) is 10.5 Å². The number of amides is 1. The van der Waals surface area contributed by atoms with Gasteiger partial charge in [-0.25, -0.2) is 19.0 Å². The smallest absolute Gasteiger partial charge is 0.271 e. The molecule has 3 rings (SSSR count). The monoisotopic (exact) mass is 414 g/mol. The van der Waals surface area contributed by atoms with Crippen LogP contribution >= 0.6 is 0 Å². The minimum absolute atomic E-state index is 0.0153. The molecular formula is C18H14N4O6S. The first-order valence-electron chi connectivity index (χ1n) is 8.05. The second-order valence-corrected chi connectivity index (χ2v) is 7.34. The van der Waals surface area contributed by atoms with Crippen molar-refractivity contribution in [2.45, 2.75) is 4.90 Å². The van der Waals surface area contributed by atoms with Gasteiger partial charge in [0.2, 0.25) is 10.0 Å². The lowest BCUT2D eigenvalue weighted by molar-refractivity contribution is -0.384. The highest BCUT2D eigenvalue weighted by atomic mass is 32.2. The molecule has 0 saturated heterocycles. The van der Waals surface area contributed by atoms with E-state index in [1.807, 2.05) is 0 Å². The number of hydrazone groups is 1. The van der Waals surface area contributed by atoms with Gasteiger partial charge in [-0.15, -0.1) is 0 Å². The molecule has 29 heavy (non-hydrogen) atoms. The minimum Gasteiger partial charge on any atom is -0.455 e. The van der Waals surface area contributed by atoms with E-state index in [0.717, 1.165) is 6.07 Å². The van der Waals surface area contributed by atoms with E-state index in [0.29, 0.717) is 17.1 Å². The molecular weight excluding hydrogens is 400 g/mol. The summed E-state index contributed by atoms with van der Waals surface area (Å²) in [6, 6.07) is 14.3. The molecule has 11 heteroatoms. The average Bonchev–Trinajstić information content (AvgIpc) is 3.16. The molecule has 0 aliphatic heterocycles. The van der Waals surface area contributed by atoms with Crippen molar-refractivity contribution in [1.29, 1.82) is 0 Å². The zero-order valence-corrected chi connectivity index (χ0v) is 15.5. The van der Waals surface area contributed by atoms with Gasteiger partial charge in [0, 0.05) is 23.3 Å². The number of carbonyl (C=O) groups excluding carboxylic acids is 1. The third-order valence-corrected chi connectivity index (χ3v) is 4.70. The number of nitrogens with one attached hydrogen (secondary N) is 1. The molecule has 10 nitrogen and oxygen atoms in total. The van der Waals surface area contributed by atoms with Gasteiger partial charge < -0.3 is 4.42 Å². The van der Waals surface area contributed by atoms with E-state index in [1.165, 1.54) is 36.5 Å². The highest BCUT2D eigenvalue weighted by Crippen LogP contribution is 2.23. The number of nitro groups is 1. The first-order valence-corrected chi connectivity index (χ1v) is 9.59. The highest BCUT2D eigenvalue weighted by Gasteiger charge is 2.11. The zero-order valence-electron chi connectivity index (χ0n) is 14.7. The lowest BCUT2D eigenvalue weighted by Gasteiger charge is -2.00. The molecule has 0 bridgehead atoms. The third-order valence-electron chi connectivity index (χ3n) is 3.77. The maximum Gasteiger partial charge on any atom is 0.271 e. The summed E-state index contributed by atoms with van der Waals surface area (Å²) in [4.78, 5) is 22.2. The van der Waals surface area contributed by atoms with Gasteiger partial charge in [0.1, 0.15) is 11.5 Å². The number of carbonyl (C=O) groups is 1. The lowest BCUT2D eigenvalue weighted by atomic mass is 10.2. The number of nitrogens with two attached hydrogens (primary N) is 1. The molecule has 3 aromatic rings. The van der Waals surface area contributed by atoms with E-state index >= 15 is 0 Å². The Morgan fingerprint density at radius 2 is 1.86 bits per heavy atom. The number of nitrogens with zero attached hydrogens (tertiary/aromatic N) is 2. The second kappa shape index (κ2) is 8.04. The SMILES string of the molecule is NS(=O)(=O)c1ccc(-c2ccc(/C=N/NC(=O)c3cccc([N+](=O)[O-])c3)o2)cc1. The van der Waals surface area contributed by atoms with Crippen LogP contribution in [0.2, 0.25) is 0 Å². The quantitative estimate of drug-likeness (QED) is 0.358. The molecule has 0 fully saturated rings. The van der Waals surface area contributed by atoms with Gasteiger partial charge in [0.25, 0.3) is 11.6 Å². The number of hydrogen-bond acceptors (Lipinski definition) is 7. The average molecular weight is 414 g/mol. The van der Waals surface area contributed by atoms with Crippen LogP contribution in [0.3, 0.4) is 0 Å². The Balaban J connectivity index is 1.67. The molecule has 2 aromatic carbocycles. The Bertz CT molecular complexity index is 1200. The van der Waals surface area contributed by atoms with Crippen molar-refractivity contribution in [3.05, 3.63) is 82.1 Å². The highest BCUT2D eigenvalue weighted by molar-refractivity contribution is 7.89. The van der Waals surface area contributed by atoms with Crippen molar-refractivity contribution in [3.63, 3.8) is 0 Å². The largest absolute Gasteiger partial charge is 0.455 e. The summed E-state index contributed by atoms with van der Waals surface area (Å²) < 4.78 is 28.1. The van der Waals surface area contributed by atoms with Gasteiger partial charge in [-0.1, -0.05) is 6.07 Å². The van der Waals surface area contributed by atoms with Crippen molar-refractivity contribution >= 4 is 27.8 Å². The van der Waals surface area contributed by atoms with Crippen LogP contribution in [-0.4, -0.2) is 25.5 Å². The molecule has 1 heterocycles. The standard InChI is InChI=1S/C18H14N4O6S/c19-29(26,27)16-7-4-12(5-8-16)17-9-6-15(28-17)11-20-21-18(23)13-2-1-3-14(10-13)22(24)25/h1-11H,(H,21,23)(H2,19,26,27)/b20-11+. The molecule has 0 spiro atoms. The van der Waals surface area contributed by atoms with Gasteiger partial charge in [-0.2, -0.15) is 5.10 Å². The molecule has 0 radical (unpaired) electrons. The number of rotatable bonds is 6. The molecule has 0 saturated carbocycles. The van der Waals surface area contributed by atoms with E-state index in [1.54, 1.807) is 24.3 Å². The number of benzene rings is 2. The maximum atomic E-state index is 12.0. The Kier molecular flexibility index (Phi) is 5.52. The third kappa shape index (κ3) is 4.91. The molecule has 0 unspecified atom stereocenters. The lowest BCUT2D eigenvalue weighted by Crippen LogP contribution is -2.17. The van der Waals surface area contributed by atoms with Crippen LogP contribution in [0.5, 0.6) is 0 Å². The van der Waals surface area contributed by atoms with Gasteiger partial charge >= 0.3 is 0 Å². The summed E-state index contributed by atoms with van der Waals surface area (Å²) in [6.45, 7) is 0. The predicted molar refractivity (Wildman–Crippen MR) is 104 cm³/mol. The minimum atomic E-state index is -3.78. The fraction of sp³-hybridized carbons (Fsp3) is 0. The van der Waals surface area contributed by atoms with E-state index in [4.69, 9.17) is 9.56 Å². The number of non-ortho nitro benzene ring substituents is 1. The van der Waals surface area contributed by atoms with Crippen LogP contribution in [-0.2, 0) is 10.0 Å². The van der Waals surface area contributed by atoms with Gasteiger partial charge in [-0.3, -0.25) is 14.9 Å². The molecule has 0 atom stereocenters. The Labute approximate surface area is 164 Å². The summed E-state index contributed by atoms with van der Waals surface area (Å²) in [5.74, 6) is 0.169. The van der Waals surface area contributed by atoms with Crippen LogP contribution in [0.25, 0.3) is 11.3 Å². The molecule has 1 amide bonds. The van der Waals surface area contributed by atoms with Gasteiger partial charge in [0.15, 0.2) is 0 Å². The van der Waals surface area contributed by atoms with Crippen LogP contribution in [0.4, 0.5) is 5.69 Å². The molecule has 3 N–H and O–H groups in total. The first kappa shape index (κ1) is 19.9. The van der Waals surface area contributed by atoms with Crippen LogP contribution in [0.15, 0.2) is 75.1 Å². The topological polar surface area (TPSA) is 158 Å². The van der Waals surface area contributed by atoms with Crippen molar-refractivity contribution in [3.8, 4) is 11.3 Å². The fourth-order valence-corrected chi connectivity index (χ4v) is 2.88. The first-order chi connectivity index (χ1) is 13.7. The van der Waals surface area contributed by atoms with Crippen LogP contribution in [0, 0.1) is 10.1 Å². The maximum absolute atomic E-state index is 12.0. The number of sulfonamides is 1. The van der Waals surface area contributed by atoms with E-state index < -0.39 is 20.9 Å². The summed E-state index contributed by atoms with van der Waals surface area (Å²) >= 11 is 0.